The molecule has 4 N–H and O–H groups in total. The Balaban J connectivity index is 2.06. The zero-order valence-corrected chi connectivity index (χ0v) is 9.92. The minimum Gasteiger partial charge on any atom is -0.396 e. The summed E-state index contributed by atoms with van der Waals surface area (Å²) in [6.07, 6.45) is 2.98. The highest BCUT2D eigenvalue weighted by molar-refractivity contribution is 6.01. The molecular formula is C13H11N5O. The van der Waals surface area contributed by atoms with Gasteiger partial charge < -0.3 is 16.4 Å². The van der Waals surface area contributed by atoms with E-state index in [2.05, 4.69) is 15.6 Å². The van der Waals surface area contributed by atoms with Gasteiger partial charge in [0.2, 0.25) is 0 Å². The second-order valence-electron chi connectivity index (χ2n) is 3.73. The number of urea groups is 1. The van der Waals surface area contributed by atoms with Crippen molar-refractivity contribution in [1.29, 1.82) is 5.26 Å². The largest absolute Gasteiger partial charge is 0.396 e. The zero-order valence-electron chi connectivity index (χ0n) is 9.92. The van der Waals surface area contributed by atoms with E-state index in [0.717, 1.165) is 0 Å². The average Bonchev–Trinajstić information content (AvgIpc) is 2.41. The number of hydrogen-bond acceptors (Lipinski definition) is 4. The highest BCUT2D eigenvalue weighted by Gasteiger charge is 2.05. The van der Waals surface area contributed by atoms with Gasteiger partial charge in [-0.05, 0) is 24.3 Å². The summed E-state index contributed by atoms with van der Waals surface area (Å²) in [5.74, 6) is 0. The summed E-state index contributed by atoms with van der Waals surface area (Å²) in [4.78, 5) is 15.6. The van der Waals surface area contributed by atoms with Crippen LogP contribution in [0.4, 0.5) is 21.9 Å². The molecule has 0 aliphatic heterocycles. The summed E-state index contributed by atoms with van der Waals surface area (Å²) >= 11 is 0. The number of carbonyl (C=O) groups excluding carboxylic acids is 1. The number of nitrogen functional groups attached to an aromatic ring is 1. The lowest BCUT2D eigenvalue weighted by molar-refractivity contribution is 0.262. The molecule has 2 aromatic rings. The average molecular weight is 253 g/mol. The van der Waals surface area contributed by atoms with Crippen molar-refractivity contribution in [1.82, 2.24) is 4.98 Å². The van der Waals surface area contributed by atoms with E-state index in [0.29, 0.717) is 22.6 Å². The van der Waals surface area contributed by atoms with Crippen molar-refractivity contribution < 1.29 is 4.79 Å². The molecule has 1 heterocycles. The van der Waals surface area contributed by atoms with E-state index in [9.17, 15) is 4.79 Å². The second kappa shape index (κ2) is 5.51. The van der Waals surface area contributed by atoms with Crippen LogP contribution in [0.25, 0.3) is 0 Å². The van der Waals surface area contributed by atoms with E-state index < -0.39 is 6.03 Å². The Bertz CT molecular complexity index is 647. The summed E-state index contributed by atoms with van der Waals surface area (Å²) in [6.45, 7) is 0. The lowest BCUT2D eigenvalue weighted by Crippen LogP contribution is -2.20. The number of benzene rings is 1. The molecule has 2 rings (SSSR count). The lowest BCUT2D eigenvalue weighted by Gasteiger charge is -2.09. The van der Waals surface area contributed by atoms with Crippen molar-refractivity contribution >= 4 is 23.1 Å². The summed E-state index contributed by atoms with van der Waals surface area (Å²) in [5.41, 5.74) is 7.52. The van der Waals surface area contributed by atoms with E-state index in [1.54, 1.807) is 30.3 Å². The number of rotatable bonds is 2. The van der Waals surface area contributed by atoms with Gasteiger partial charge in [0.05, 0.1) is 29.2 Å². The van der Waals surface area contributed by atoms with Crippen LogP contribution in [0.2, 0.25) is 0 Å². The molecule has 0 bridgehead atoms. The number of nitrogens with zero attached hydrogens (tertiary/aromatic N) is 2. The quantitative estimate of drug-likeness (QED) is 0.762. The predicted octanol–water partition coefficient (Wildman–Crippen LogP) is 2.18. The van der Waals surface area contributed by atoms with Gasteiger partial charge >= 0.3 is 6.03 Å². The van der Waals surface area contributed by atoms with E-state index in [1.807, 2.05) is 6.07 Å². The summed E-state index contributed by atoms with van der Waals surface area (Å²) in [5, 5.41) is 14.0. The number of hydrogen-bond donors (Lipinski definition) is 3. The molecule has 6 nitrogen and oxygen atoms in total. The van der Waals surface area contributed by atoms with Crippen LogP contribution in [0, 0.1) is 11.3 Å². The van der Waals surface area contributed by atoms with Crippen molar-refractivity contribution in [2.24, 2.45) is 0 Å². The van der Waals surface area contributed by atoms with Gasteiger partial charge in [0, 0.05) is 11.9 Å². The number of nitrogens with one attached hydrogen (secondary N) is 2. The van der Waals surface area contributed by atoms with Crippen LogP contribution >= 0.6 is 0 Å². The fourth-order valence-corrected chi connectivity index (χ4v) is 1.47. The van der Waals surface area contributed by atoms with Crippen LogP contribution in [-0.2, 0) is 0 Å². The molecule has 1 aromatic carbocycles. The third-order valence-corrected chi connectivity index (χ3v) is 2.35. The first kappa shape index (κ1) is 12.4. The maximum absolute atomic E-state index is 11.8. The Hall–Kier alpha value is -3.07. The highest BCUT2D eigenvalue weighted by atomic mass is 16.2. The fourth-order valence-electron chi connectivity index (χ4n) is 1.47. The van der Waals surface area contributed by atoms with E-state index >= 15 is 0 Å². The Morgan fingerprint density at radius 2 is 2.16 bits per heavy atom. The topological polar surface area (TPSA) is 104 Å². The summed E-state index contributed by atoms with van der Waals surface area (Å²) in [6, 6.07) is 9.78. The Morgan fingerprint density at radius 1 is 1.32 bits per heavy atom. The van der Waals surface area contributed by atoms with Crippen molar-refractivity contribution in [2.45, 2.75) is 0 Å². The van der Waals surface area contributed by atoms with Gasteiger partial charge in [-0.1, -0.05) is 6.07 Å². The monoisotopic (exact) mass is 253 g/mol. The van der Waals surface area contributed by atoms with Crippen molar-refractivity contribution in [3.8, 4) is 6.07 Å². The number of anilines is 3. The van der Waals surface area contributed by atoms with Crippen LogP contribution in [0.5, 0.6) is 0 Å². The van der Waals surface area contributed by atoms with Crippen LogP contribution < -0.4 is 16.4 Å². The molecule has 0 saturated heterocycles. The third kappa shape index (κ3) is 3.20. The van der Waals surface area contributed by atoms with Gasteiger partial charge in [0.15, 0.2) is 0 Å². The second-order valence-corrected chi connectivity index (χ2v) is 3.73. The van der Waals surface area contributed by atoms with E-state index in [-0.39, 0.29) is 0 Å². The SMILES string of the molecule is N#Cc1cccc(NC(=O)Nc2ccncc2N)c1. The Kier molecular flexibility index (Phi) is 3.59. The predicted molar refractivity (Wildman–Crippen MR) is 72.4 cm³/mol. The van der Waals surface area contributed by atoms with Crippen LogP contribution in [0.15, 0.2) is 42.7 Å². The molecule has 0 atom stereocenters. The maximum atomic E-state index is 11.8. The van der Waals surface area contributed by atoms with Crippen LogP contribution in [-0.4, -0.2) is 11.0 Å². The normalized spacial score (nSPS) is 9.42. The minimum atomic E-state index is -0.437. The first-order chi connectivity index (χ1) is 9.19. The van der Waals surface area contributed by atoms with Crippen LogP contribution in [0.3, 0.4) is 0 Å². The Morgan fingerprint density at radius 3 is 2.89 bits per heavy atom. The van der Waals surface area contributed by atoms with Gasteiger partial charge in [-0.15, -0.1) is 0 Å². The van der Waals surface area contributed by atoms with Gasteiger partial charge in [-0.2, -0.15) is 5.26 Å². The third-order valence-electron chi connectivity index (χ3n) is 2.35. The molecule has 0 aliphatic carbocycles. The molecule has 0 radical (unpaired) electrons. The smallest absolute Gasteiger partial charge is 0.323 e. The molecule has 0 aliphatic rings. The number of pyridine rings is 1. The fraction of sp³-hybridized carbons (Fsp3) is 0. The van der Waals surface area contributed by atoms with Crippen molar-refractivity contribution in [3.05, 3.63) is 48.3 Å². The Labute approximate surface area is 109 Å². The lowest BCUT2D eigenvalue weighted by atomic mass is 10.2. The molecule has 94 valence electrons. The minimum absolute atomic E-state index is 0.378. The molecule has 0 unspecified atom stereocenters. The number of amides is 2. The number of nitriles is 1. The first-order valence-corrected chi connectivity index (χ1v) is 5.46. The standard InChI is InChI=1S/C13H11N5O/c14-7-9-2-1-3-10(6-9)17-13(19)18-12-4-5-16-8-11(12)15/h1-6,8H,15H2,(H2,16,17,18,19). The maximum Gasteiger partial charge on any atom is 0.323 e. The van der Waals surface area contributed by atoms with Gasteiger partial charge in [0.25, 0.3) is 0 Å². The highest BCUT2D eigenvalue weighted by Crippen LogP contribution is 2.16. The molecule has 2 amide bonds. The molecular weight excluding hydrogens is 242 g/mol. The van der Waals surface area contributed by atoms with Gasteiger partial charge in [-0.25, -0.2) is 4.79 Å². The van der Waals surface area contributed by atoms with Crippen molar-refractivity contribution in [3.63, 3.8) is 0 Å². The number of nitrogens with two attached hydrogens (primary N) is 1. The van der Waals surface area contributed by atoms with Crippen molar-refractivity contribution in [2.75, 3.05) is 16.4 Å². The summed E-state index contributed by atoms with van der Waals surface area (Å²) < 4.78 is 0. The number of carbonyl (C=O) groups is 1. The van der Waals surface area contributed by atoms with Gasteiger partial charge in [0.1, 0.15) is 0 Å². The van der Waals surface area contributed by atoms with E-state index in [1.165, 1.54) is 12.4 Å². The molecule has 0 spiro atoms. The van der Waals surface area contributed by atoms with Crippen LogP contribution in [0.1, 0.15) is 5.56 Å². The number of aromatic nitrogens is 1. The molecule has 0 saturated carbocycles. The molecule has 6 heteroatoms. The zero-order chi connectivity index (χ0) is 13.7. The molecule has 1 aromatic heterocycles. The first-order valence-electron chi connectivity index (χ1n) is 5.46. The molecule has 19 heavy (non-hydrogen) atoms. The van der Waals surface area contributed by atoms with E-state index in [4.69, 9.17) is 11.0 Å². The summed E-state index contributed by atoms with van der Waals surface area (Å²) in [7, 11) is 0. The molecule has 0 fully saturated rings. The van der Waals surface area contributed by atoms with Gasteiger partial charge in [-0.3, -0.25) is 4.98 Å².